The lowest BCUT2D eigenvalue weighted by Crippen LogP contribution is -1.85. The number of phenols is 2. The number of carbonyl (C=O) groups is 1. The van der Waals surface area contributed by atoms with E-state index in [1.54, 1.807) is 12.1 Å². The van der Waals surface area contributed by atoms with E-state index in [4.69, 9.17) is 0 Å². The van der Waals surface area contributed by atoms with Crippen LogP contribution in [0.2, 0.25) is 0 Å². The van der Waals surface area contributed by atoms with Crippen molar-refractivity contribution >= 4 is 17.9 Å². The summed E-state index contributed by atoms with van der Waals surface area (Å²) in [5, 5.41) is 18.6. The normalized spacial score (nSPS) is 11.2. The average molecular weight is 240 g/mol. The lowest BCUT2D eigenvalue weighted by molar-refractivity contribution is -0.103. The summed E-state index contributed by atoms with van der Waals surface area (Å²) in [4.78, 5) is 11.1. The zero-order valence-corrected chi connectivity index (χ0v) is 9.58. The second-order valence-corrected chi connectivity index (χ2v) is 3.83. The minimum Gasteiger partial charge on any atom is -0.504 e. The molecule has 0 amide bonds. The fourth-order valence-electron chi connectivity index (χ4n) is 1.63. The van der Waals surface area contributed by atoms with Crippen molar-refractivity contribution in [3.8, 4) is 11.5 Å². The lowest BCUT2D eigenvalue weighted by Gasteiger charge is -2.02. The molecule has 3 heteroatoms. The van der Waals surface area contributed by atoms with Gasteiger partial charge in [-0.3, -0.25) is 4.79 Å². The molecule has 0 atom stereocenters. The van der Waals surface area contributed by atoms with E-state index in [1.807, 2.05) is 30.3 Å². The molecule has 2 aromatic rings. The van der Waals surface area contributed by atoms with Gasteiger partial charge < -0.3 is 10.2 Å². The van der Waals surface area contributed by atoms with Gasteiger partial charge in [0.15, 0.2) is 17.8 Å². The monoisotopic (exact) mass is 240 g/mol. The van der Waals surface area contributed by atoms with Crippen LogP contribution in [0.3, 0.4) is 0 Å². The topological polar surface area (TPSA) is 57.5 Å². The maximum atomic E-state index is 11.1. The number of hydrogen-bond acceptors (Lipinski definition) is 3. The second kappa shape index (κ2) is 5.19. The van der Waals surface area contributed by atoms with Crippen molar-refractivity contribution in [2.24, 2.45) is 0 Å². The Labute approximate surface area is 105 Å². The third-order valence-electron chi connectivity index (χ3n) is 2.56. The predicted molar refractivity (Wildman–Crippen MR) is 70.1 cm³/mol. The second-order valence-electron chi connectivity index (χ2n) is 3.83. The zero-order valence-electron chi connectivity index (χ0n) is 9.58. The van der Waals surface area contributed by atoms with Crippen molar-refractivity contribution in [2.45, 2.75) is 0 Å². The number of aromatic hydroxyl groups is 2. The molecule has 2 N–H and O–H groups in total. The Morgan fingerprint density at radius 1 is 0.944 bits per heavy atom. The Balaban J connectivity index is 2.41. The molecule has 2 rings (SSSR count). The standard InChI is InChI=1S/C15H12O3/c16-10-13(12-4-2-1-3-5-12)8-11-6-7-14(17)15(18)9-11/h1-10,17-18H. The van der Waals surface area contributed by atoms with Crippen molar-refractivity contribution in [2.75, 3.05) is 0 Å². The first kappa shape index (κ1) is 11.9. The van der Waals surface area contributed by atoms with E-state index in [0.29, 0.717) is 11.1 Å². The molecule has 0 radical (unpaired) electrons. The van der Waals surface area contributed by atoms with Crippen LogP contribution < -0.4 is 0 Å². The van der Waals surface area contributed by atoms with Crippen LogP contribution in [0, 0.1) is 0 Å². The quantitative estimate of drug-likeness (QED) is 0.375. The van der Waals surface area contributed by atoms with E-state index < -0.39 is 0 Å². The molecule has 0 unspecified atom stereocenters. The van der Waals surface area contributed by atoms with Gasteiger partial charge in [-0.2, -0.15) is 0 Å². The molecule has 0 bridgehead atoms. The van der Waals surface area contributed by atoms with E-state index in [-0.39, 0.29) is 11.5 Å². The van der Waals surface area contributed by atoms with Gasteiger partial charge >= 0.3 is 0 Å². The highest BCUT2D eigenvalue weighted by Crippen LogP contribution is 2.26. The molecule has 90 valence electrons. The van der Waals surface area contributed by atoms with Crippen molar-refractivity contribution in [1.82, 2.24) is 0 Å². The van der Waals surface area contributed by atoms with E-state index in [1.165, 1.54) is 12.1 Å². The molecule has 0 fully saturated rings. The number of hydrogen-bond donors (Lipinski definition) is 2. The summed E-state index contributed by atoms with van der Waals surface area (Å²) in [6, 6.07) is 13.7. The third-order valence-corrected chi connectivity index (χ3v) is 2.56. The summed E-state index contributed by atoms with van der Waals surface area (Å²) < 4.78 is 0. The van der Waals surface area contributed by atoms with Crippen molar-refractivity contribution in [1.29, 1.82) is 0 Å². The van der Waals surface area contributed by atoms with Crippen LogP contribution in [0.25, 0.3) is 11.6 Å². The summed E-state index contributed by atoms with van der Waals surface area (Å²) in [6.07, 6.45) is 2.42. The number of phenolic OH excluding ortho intramolecular Hbond substituents is 2. The average Bonchev–Trinajstić information content (AvgIpc) is 2.41. The maximum Gasteiger partial charge on any atom is 0.157 e. The first-order valence-electron chi connectivity index (χ1n) is 5.45. The van der Waals surface area contributed by atoms with E-state index >= 15 is 0 Å². The molecule has 0 saturated carbocycles. The molecule has 3 nitrogen and oxygen atoms in total. The first-order chi connectivity index (χ1) is 8.70. The molecule has 0 aliphatic rings. The van der Waals surface area contributed by atoms with Crippen LogP contribution >= 0.6 is 0 Å². The minimum absolute atomic E-state index is 0.181. The van der Waals surface area contributed by atoms with E-state index in [9.17, 15) is 15.0 Å². The molecular formula is C15H12O3. The Kier molecular flexibility index (Phi) is 3.44. The molecule has 2 aromatic carbocycles. The largest absolute Gasteiger partial charge is 0.504 e. The van der Waals surface area contributed by atoms with Crippen LogP contribution in [-0.2, 0) is 4.79 Å². The van der Waals surface area contributed by atoms with Gasteiger partial charge in [-0.1, -0.05) is 36.4 Å². The van der Waals surface area contributed by atoms with Crippen LogP contribution in [0.5, 0.6) is 11.5 Å². The van der Waals surface area contributed by atoms with Gasteiger partial charge in [0, 0.05) is 5.57 Å². The van der Waals surface area contributed by atoms with Gasteiger partial charge in [-0.25, -0.2) is 0 Å². The maximum absolute atomic E-state index is 11.1. The van der Waals surface area contributed by atoms with Gasteiger partial charge in [0.2, 0.25) is 0 Å². The van der Waals surface area contributed by atoms with Gasteiger partial charge in [0.1, 0.15) is 0 Å². The number of allylic oxidation sites excluding steroid dienone is 1. The van der Waals surface area contributed by atoms with Gasteiger partial charge in [0.25, 0.3) is 0 Å². The Morgan fingerprint density at radius 3 is 2.28 bits per heavy atom. The van der Waals surface area contributed by atoms with Crippen LogP contribution in [-0.4, -0.2) is 16.5 Å². The molecule has 0 spiro atoms. The highest BCUT2D eigenvalue weighted by molar-refractivity contribution is 6.13. The molecule has 0 aromatic heterocycles. The first-order valence-corrected chi connectivity index (χ1v) is 5.45. The zero-order chi connectivity index (χ0) is 13.0. The number of benzene rings is 2. The van der Waals surface area contributed by atoms with Crippen molar-refractivity contribution < 1.29 is 15.0 Å². The minimum atomic E-state index is -0.206. The fraction of sp³-hybridized carbons (Fsp3) is 0. The van der Waals surface area contributed by atoms with E-state index in [0.717, 1.165) is 11.8 Å². The summed E-state index contributed by atoms with van der Waals surface area (Å²) in [5.74, 6) is -0.387. The smallest absolute Gasteiger partial charge is 0.157 e. The molecule has 18 heavy (non-hydrogen) atoms. The van der Waals surface area contributed by atoms with Crippen LogP contribution in [0.1, 0.15) is 11.1 Å². The molecular weight excluding hydrogens is 228 g/mol. The van der Waals surface area contributed by atoms with E-state index in [2.05, 4.69) is 0 Å². The molecule has 0 aliphatic heterocycles. The molecule has 0 saturated heterocycles. The lowest BCUT2D eigenvalue weighted by atomic mass is 10.0. The van der Waals surface area contributed by atoms with Gasteiger partial charge in [-0.05, 0) is 29.3 Å². The Morgan fingerprint density at radius 2 is 1.67 bits per heavy atom. The Bertz CT molecular complexity index is 586. The summed E-state index contributed by atoms with van der Waals surface area (Å²) in [6.45, 7) is 0. The molecule has 0 heterocycles. The predicted octanol–water partition coefficient (Wildman–Crippen LogP) is 2.84. The highest BCUT2D eigenvalue weighted by atomic mass is 16.3. The number of rotatable bonds is 3. The SMILES string of the molecule is O=CC(=Cc1ccc(O)c(O)c1)c1ccccc1. The summed E-state index contributed by atoms with van der Waals surface area (Å²) in [5.41, 5.74) is 1.97. The number of aldehydes is 1. The fourth-order valence-corrected chi connectivity index (χ4v) is 1.63. The van der Waals surface area contributed by atoms with Gasteiger partial charge in [0.05, 0.1) is 0 Å². The highest BCUT2D eigenvalue weighted by Gasteiger charge is 2.02. The number of carbonyl (C=O) groups excluding carboxylic acids is 1. The summed E-state index contributed by atoms with van der Waals surface area (Å²) >= 11 is 0. The third kappa shape index (κ3) is 2.58. The van der Waals surface area contributed by atoms with Crippen LogP contribution in [0.4, 0.5) is 0 Å². The van der Waals surface area contributed by atoms with Crippen molar-refractivity contribution in [3.63, 3.8) is 0 Å². The van der Waals surface area contributed by atoms with Crippen LogP contribution in [0.15, 0.2) is 48.5 Å². The Hall–Kier alpha value is -2.55. The summed E-state index contributed by atoms with van der Waals surface area (Å²) in [7, 11) is 0. The van der Waals surface area contributed by atoms with Crippen molar-refractivity contribution in [3.05, 3.63) is 59.7 Å². The molecule has 0 aliphatic carbocycles. The van der Waals surface area contributed by atoms with Gasteiger partial charge in [-0.15, -0.1) is 0 Å².